The second-order valence-corrected chi connectivity index (χ2v) is 10.5. The molecule has 1 unspecified atom stereocenters. The number of ether oxygens (including phenoxy) is 2. The number of methoxy groups -OCH3 is 2. The van der Waals surface area contributed by atoms with Gasteiger partial charge in [-0.1, -0.05) is 148 Å². The number of rotatable bonds is 28. The third-order valence-corrected chi connectivity index (χ3v) is 7.35. The van der Waals surface area contributed by atoms with Crippen molar-refractivity contribution >= 4 is 5.97 Å². The molecule has 0 spiro atoms. The summed E-state index contributed by atoms with van der Waals surface area (Å²) in [5.74, 6) is -0.112. The predicted molar refractivity (Wildman–Crippen MR) is 149 cm³/mol. The molecule has 0 N–H and O–H groups in total. The van der Waals surface area contributed by atoms with Gasteiger partial charge in [-0.25, -0.2) is 0 Å². The van der Waals surface area contributed by atoms with Crippen molar-refractivity contribution in [1.29, 1.82) is 0 Å². The molecule has 0 aromatic rings. The van der Waals surface area contributed by atoms with Gasteiger partial charge >= 0.3 is 5.97 Å². The standard InChI is InChI=1S/C31H62O3/c1-4-5-6-7-8-9-10-11-12-13-14-15-16-17-18-19-20-21-22-23-24-25-27-30(33-2)28-26-29-31(32)34-3/h30H,4-29H2,1-3H3. The summed E-state index contributed by atoms with van der Waals surface area (Å²) in [5.41, 5.74) is 0. The Hall–Kier alpha value is -0.570. The molecule has 1 atom stereocenters. The zero-order valence-corrected chi connectivity index (χ0v) is 23.7. The van der Waals surface area contributed by atoms with E-state index in [9.17, 15) is 4.79 Å². The van der Waals surface area contributed by atoms with Crippen LogP contribution < -0.4 is 0 Å². The minimum absolute atomic E-state index is 0.112. The molecule has 0 saturated carbocycles. The molecular weight excluding hydrogens is 420 g/mol. The van der Waals surface area contributed by atoms with E-state index < -0.39 is 0 Å². The van der Waals surface area contributed by atoms with Gasteiger partial charge in [-0.05, 0) is 19.3 Å². The zero-order valence-electron chi connectivity index (χ0n) is 23.7. The largest absolute Gasteiger partial charge is 0.469 e. The third-order valence-electron chi connectivity index (χ3n) is 7.35. The van der Waals surface area contributed by atoms with Gasteiger partial charge in [-0.15, -0.1) is 0 Å². The monoisotopic (exact) mass is 482 g/mol. The summed E-state index contributed by atoms with van der Waals surface area (Å²) in [4.78, 5) is 11.2. The number of carbonyl (C=O) groups excluding carboxylic acids is 1. The van der Waals surface area contributed by atoms with Crippen molar-refractivity contribution in [1.82, 2.24) is 0 Å². The highest BCUT2D eigenvalue weighted by molar-refractivity contribution is 5.68. The fraction of sp³-hybridized carbons (Fsp3) is 0.968. The molecule has 0 fully saturated rings. The predicted octanol–water partition coefficient (Wildman–Crippen LogP) is 10.3. The summed E-state index contributed by atoms with van der Waals surface area (Å²) in [7, 11) is 3.25. The highest BCUT2D eigenvalue weighted by atomic mass is 16.5. The van der Waals surface area contributed by atoms with Crippen LogP contribution in [0.3, 0.4) is 0 Å². The maximum Gasteiger partial charge on any atom is 0.305 e. The van der Waals surface area contributed by atoms with Crippen LogP contribution in [0.15, 0.2) is 0 Å². The first-order valence-corrected chi connectivity index (χ1v) is 15.3. The molecule has 0 aliphatic heterocycles. The summed E-state index contributed by atoms with van der Waals surface area (Å²) in [6.45, 7) is 2.30. The molecule has 3 heteroatoms. The summed E-state index contributed by atoms with van der Waals surface area (Å²) in [6, 6.07) is 0. The quantitative estimate of drug-likeness (QED) is 0.0821. The minimum atomic E-state index is -0.112. The Balaban J connectivity index is 3.19. The van der Waals surface area contributed by atoms with E-state index in [0.29, 0.717) is 12.5 Å². The second kappa shape index (κ2) is 28.7. The molecule has 3 nitrogen and oxygen atoms in total. The summed E-state index contributed by atoms with van der Waals surface area (Å²) >= 11 is 0. The van der Waals surface area contributed by atoms with E-state index in [1.807, 2.05) is 0 Å². The molecule has 204 valence electrons. The van der Waals surface area contributed by atoms with Crippen molar-refractivity contribution in [2.75, 3.05) is 14.2 Å². The van der Waals surface area contributed by atoms with Gasteiger partial charge in [0.1, 0.15) is 0 Å². The number of hydrogen-bond acceptors (Lipinski definition) is 3. The van der Waals surface area contributed by atoms with Crippen molar-refractivity contribution in [3.63, 3.8) is 0 Å². The summed E-state index contributed by atoms with van der Waals surface area (Å²) in [6.07, 6.45) is 35.1. The molecule has 0 saturated heterocycles. The van der Waals surface area contributed by atoms with Crippen molar-refractivity contribution in [3.8, 4) is 0 Å². The SMILES string of the molecule is CCCCCCCCCCCCCCCCCCCCCCCCC(CCCC(=O)OC)OC. The van der Waals surface area contributed by atoms with Crippen molar-refractivity contribution in [2.45, 2.75) is 180 Å². The Kier molecular flexibility index (Phi) is 28.2. The van der Waals surface area contributed by atoms with Crippen molar-refractivity contribution < 1.29 is 14.3 Å². The van der Waals surface area contributed by atoms with E-state index in [0.717, 1.165) is 19.3 Å². The number of hydrogen-bond donors (Lipinski definition) is 0. The zero-order chi connectivity index (χ0) is 25.0. The van der Waals surface area contributed by atoms with E-state index in [-0.39, 0.29) is 5.97 Å². The van der Waals surface area contributed by atoms with Crippen molar-refractivity contribution in [3.05, 3.63) is 0 Å². The smallest absolute Gasteiger partial charge is 0.305 e. The molecule has 0 aromatic heterocycles. The van der Waals surface area contributed by atoms with Gasteiger partial charge in [0.15, 0.2) is 0 Å². The lowest BCUT2D eigenvalue weighted by atomic mass is 10.0. The Morgan fingerprint density at radius 2 is 0.824 bits per heavy atom. The fourth-order valence-electron chi connectivity index (χ4n) is 4.94. The maximum absolute atomic E-state index is 11.2. The molecule has 0 bridgehead atoms. The molecule has 0 aliphatic rings. The Morgan fingerprint density at radius 1 is 0.500 bits per heavy atom. The van der Waals surface area contributed by atoms with E-state index >= 15 is 0 Å². The fourth-order valence-corrected chi connectivity index (χ4v) is 4.94. The maximum atomic E-state index is 11.2. The van der Waals surface area contributed by atoms with Crippen LogP contribution in [-0.2, 0) is 14.3 Å². The number of unbranched alkanes of at least 4 members (excludes halogenated alkanes) is 21. The van der Waals surface area contributed by atoms with Gasteiger partial charge in [-0.2, -0.15) is 0 Å². The van der Waals surface area contributed by atoms with Gasteiger partial charge < -0.3 is 9.47 Å². The lowest BCUT2D eigenvalue weighted by Crippen LogP contribution is -2.11. The van der Waals surface area contributed by atoms with Crippen molar-refractivity contribution in [2.24, 2.45) is 0 Å². The lowest BCUT2D eigenvalue weighted by Gasteiger charge is -2.14. The minimum Gasteiger partial charge on any atom is -0.469 e. The molecule has 0 radical (unpaired) electrons. The number of carbonyl (C=O) groups is 1. The van der Waals surface area contributed by atoms with E-state index in [4.69, 9.17) is 9.47 Å². The van der Waals surface area contributed by atoms with Gasteiger partial charge in [0.2, 0.25) is 0 Å². The second-order valence-electron chi connectivity index (χ2n) is 10.5. The van der Waals surface area contributed by atoms with Crippen LogP contribution in [0, 0.1) is 0 Å². The summed E-state index contributed by atoms with van der Waals surface area (Å²) < 4.78 is 10.3. The molecular formula is C31H62O3. The van der Waals surface area contributed by atoms with E-state index in [1.165, 1.54) is 148 Å². The first-order chi connectivity index (χ1) is 16.7. The van der Waals surface area contributed by atoms with E-state index in [2.05, 4.69) is 6.92 Å². The average Bonchev–Trinajstić information content (AvgIpc) is 2.85. The van der Waals surface area contributed by atoms with Crippen LogP contribution in [-0.4, -0.2) is 26.3 Å². The van der Waals surface area contributed by atoms with Crippen LogP contribution in [0.1, 0.15) is 174 Å². The average molecular weight is 483 g/mol. The molecule has 0 aromatic carbocycles. The van der Waals surface area contributed by atoms with Gasteiger partial charge in [0, 0.05) is 13.5 Å². The Bertz CT molecular complexity index is 396. The summed E-state index contributed by atoms with van der Waals surface area (Å²) in [5, 5.41) is 0. The molecule has 0 rings (SSSR count). The normalized spacial score (nSPS) is 12.2. The topological polar surface area (TPSA) is 35.5 Å². The lowest BCUT2D eigenvalue weighted by molar-refractivity contribution is -0.140. The van der Waals surface area contributed by atoms with Crippen LogP contribution in [0.4, 0.5) is 0 Å². The Morgan fingerprint density at radius 3 is 1.15 bits per heavy atom. The van der Waals surface area contributed by atoms with Crippen LogP contribution >= 0.6 is 0 Å². The van der Waals surface area contributed by atoms with Crippen LogP contribution in [0.25, 0.3) is 0 Å². The Labute approximate surface area is 214 Å². The molecule has 34 heavy (non-hydrogen) atoms. The molecule has 0 amide bonds. The number of esters is 1. The van der Waals surface area contributed by atoms with Gasteiger partial charge in [0.05, 0.1) is 13.2 Å². The van der Waals surface area contributed by atoms with Crippen LogP contribution in [0.2, 0.25) is 0 Å². The third kappa shape index (κ3) is 26.0. The van der Waals surface area contributed by atoms with Gasteiger partial charge in [0.25, 0.3) is 0 Å². The van der Waals surface area contributed by atoms with Crippen LogP contribution in [0.5, 0.6) is 0 Å². The highest BCUT2D eigenvalue weighted by Crippen LogP contribution is 2.17. The highest BCUT2D eigenvalue weighted by Gasteiger charge is 2.09. The first kappa shape index (κ1) is 33.4. The van der Waals surface area contributed by atoms with Gasteiger partial charge in [-0.3, -0.25) is 4.79 Å². The molecule has 0 heterocycles. The molecule has 0 aliphatic carbocycles. The van der Waals surface area contributed by atoms with E-state index in [1.54, 1.807) is 7.11 Å². The first-order valence-electron chi connectivity index (χ1n) is 15.3.